The maximum Gasteiger partial charge on any atom is 0.333 e. The molecular weight excluding hydrogens is 358 g/mol. The first-order chi connectivity index (χ1) is 11.1. The lowest BCUT2D eigenvalue weighted by Gasteiger charge is -2.17. The molecule has 1 amide bonds. The van der Waals surface area contributed by atoms with Crippen LogP contribution in [0.2, 0.25) is 0 Å². The van der Waals surface area contributed by atoms with Gasteiger partial charge in [0, 0.05) is 4.47 Å². The molecule has 0 saturated heterocycles. The number of ether oxygens (including phenoxy) is 1. The van der Waals surface area contributed by atoms with Gasteiger partial charge in [0.15, 0.2) is 6.04 Å². The van der Waals surface area contributed by atoms with E-state index in [2.05, 4.69) is 21.2 Å². The highest BCUT2D eigenvalue weighted by molar-refractivity contribution is 9.10. The number of halogens is 1. The number of amides is 1. The van der Waals surface area contributed by atoms with E-state index < -0.39 is 12.0 Å². The van der Waals surface area contributed by atoms with Gasteiger partial charge in [0.25, 0.3) is 0 Å². The minimum Gasteiger partial charge on any atom is -0.464 e. The predicted molar refractivity (Wildman–Crippen MR) is 91.8 cm³/mol. The average molecular weight is 376 g/mol. The van der Waals surface area contributed by atoms with Crippen LogP contribution in [0.5, 0.6) is 0 Å². The zero-order valence-electron chi connectivity index (χ0n) is 12.8. The number of esters is 1. The number of benzene rings is 2. The SMILES string of the molecule is CCOC(=O)C(NC(=O)Cc1ccc(Br)cc1)c1ccccc1. The summed E-state index contributed by atoms with van der Waals surface area (Å²) < 4.78 is 6.02. The van der Waals surface area contributed by atoms with Crippen molar-refractivity contribution in [2.75, 3.05) is 6.61 Å². The van der Waals surface area contributed by atoms with Crippen LogP contribution < -0.4 is 5.32 Å². The van der Waals surface area contributed by atoms with Crippen molar-refractivity contribution in [3.8, 4) is 0 Å². The monoisotopic (exact) mass is 375 g/mol. The number of hydrogen-bond donors (Lipinski definition) is 1. The van der Waals surface area contributed by atoms with E-state index in [1.165, 1.54) is 0 Å². The first-order valence-corrected chi connectivity index (χ1v) is 8.15. The van der Waals surface area contributed by atoms with Gasteiger partial charge in [0.2, 0.25) is 5.91 Å². The first kappa shape index (κ1) is 17.2. The van der Waals surface area contributed by atoms with Crippen LogP contribution in [0.3, 0.4) is 0 Å². The van der Waals surface area contributed by atoms with Crippen LogP contribution in [-0.2, 0) is 20.7 Å². The minimum absolute atomic E-state index is 0.204. The van der Waals surface area contributed by atoms with E-state index in [0.29, 0.717) is 5.56 Å². The van der Waals surface area contributed by atoms with Crippen molar-refractivity contribution in [1.82, 2.24) is 5.32 Å². The zero-order chi connectivity index (χ0) is 16.7. The van der Waals surface area contributed by atoms with Crippen LogP contribution >= 0.6 is 15.9 Å². The van der Waals surface area contributed by atoms with Crippen LogP contribution in [0.1, 0.15) is 24.1 Å². The van der Waals surface area contributed by atoms with Gasteiger partial charge in [-0.2, -0.15) is 0 Å². The van der Waals surface area contributed by atoms with Gasteiger partial charge in [0.05, 0.1) is 13.0 Å². The summed E-state index contributed by atoms with van der Waals surface area (Å²) in [5, 5.41) is 2.76. The van der Waals surface area contributed by atoms with Gasteiger partial charge in [-0.1, -0.05) is 58.4 Å². The third kappa shape index (κ3) is 5.21. The number of hydrogen-bond acceptors (Lipinski definition) is 3. The fourth-order valence-corrected chi connectivity index (χ4v) is 2.41. The Morgan fingerprint density at radius 1 is 1.09 bits per heavy atom. The third-order valence-corrected chi connectivity index (χ3v) is 3.77. The predicted octanol–water partition coefficient (Wildman–Crippen LogP) is 3.41. The van der Waals surface area contributed by atoms with Crippen LogP contribution in [0.25, 0.3) is 0 Å². The first-order valence-electron chi connectivity index (χ1n) is 7.35. The molecule has 120 valence electrons. The Labute approximate surface area is 144 Å². The van der Waals surface area contributed by atoms with E-state index in [4.69, 9.17) is 4.74 Å². The topological polar surface area (TPSA) is 55.4 Å². The summed E-state index contributed by atoms with van der Waals surface area (Å²) in [5.74, 6) is -0.683. The van der Waals surface area contributed by atoms with Gasteiger partial charge in [-0.05, 0) is 30.2 Å². The van der Waals surface area contributed by atoms with Crippen LogP contribution in [0.4, 0.5) is 0 Å². The molecule has 0 fully saturated rings. The second kappa shape index (κ2) is 8.48. The van der Waals surface area contributed by atoms with Gasteiger partial charge >= 0.3 is 5.97 Å². The van der Waals surface area contributed by atoms with Crippen molar-refractivity contribution in [2.45, 2.75) is 19.4 Å². The summed E-state index contributed by atoms with van der Waals surface area (Å²) in [4.78, 5) is 24.4. The minimum atomic E-state index is -0.793. The maximum atomic E-state index is 12.3. The van der Waals surface area contributed by atoms with Gasteiger partial charge in [-0.15, -0.1) is 0 Å². The molecule has 0 bridgehead atoms. The van der Waals surface area contributed by atoms with Gasteiger partial charge in [0.1, 0.15) is 0 Å². The molecule has 2 aromatic rings. The second-order valence-electron chi connectivity index (χ2n) is 4.97. The van der Waals surface area contributed by atoms with Gasteiger partial charge in [-0.25, -0.2) is 4.79 Å². The van der Waals surface area contributed by atoms with E-state index in [1.807, 2.05) is 42.5 Å². The highest BCUT2D eigenvalue weighted by Crippen LogP contribution is 2.16. The summed E-state index contributed by atoms with van der Waals surface area (Å²) in [6.45, 7) is 2.01. The summed E-state index contributed by atoms with van der Waals surface area (Å²) in [7, 11) is 0. The number of nitrogens with one attached hydrogen (secondary N) is 1. The molecule has 0 aliphatic heterocycles. The van der Waals surface area contributed by atoms with Crippen LogP contribution in [0, 0.1) is 0 Å². The standard InChI is InChI=1S/C18H18BrNO3/c1-2-23-18(22)17(14-6-4-3-5-7-14)20-16(21)12-13-8-10-15(19)11-9-13/h3-11,17H,2,12H2,1H3,(H,20,21). The quantitative estimate of drug-likeness (QED) is 0.787. The van der Waals surface area contributed by atoms with E-state index in [-0.39, 0.29) is 18.9 Å². The van der Waals surface area contributed by atoms with E-state index >= 15 is 0 Å². The smallest absolute Gasteiger partial charge is 0.333 e. The zero-order valence-corrected chi connectivity index (χ0v) is 14.4. The largest absolute Gasteiger partial charge is 0.464 e. The van der Waals surface area contributed by atoms with E-state index in [9.17, 15) is 9.59 Å². The molecule has 0 radical (unpaired) electrons. The van der Waals surface area contributed by atoms with Crippen molar-refractivity contribution in [3.63, 3.8) is 0 Å². The number of rotatable bonds is 6. The number of carbonyl (C=O) groups excluding carboxylic acids is 2. The fourth-order valence-electron chi connectivity index (χ4n) is 2.15. The van der Waals surface area contributed by atoms with Crippen molar-refractivity contribution in [2.24, 2.45) is 0 Å². The molecule has 5 heteroatoms. The molecule has 0 spiro atoms. The Balaban J connectivity index is 2.09. The molecule has 1 unspecified atom stereocenters. The lowest BCUT2D eigenvalue weighted by molar-refractivity contribution is -0.147. The molecular formula is C18H18BrNO3. The van der Waals surface area contributed by atoms with Crippen molar-refractivity contribution in [3.05, 3.63) is 70.2 Å². The molecule has 0 saturated carbocycles. The Morgan fingerprint density at radius 2 is 1.74 bits per heavy atom. The summed E-state index contributed by atoms with van der Waals surface area (Å²) in [5.41, 5.74) is 1.58. The molecule has 0 aromatic heterocycles. The lowest BCUT2D eigenvalue weighted by Crippen LogP contribution is -2.35. The molecule has 0 heterocycles. The molecule has 1 N–H and O–H groups in total. The molecule has 2 aromatic carbocycles. The van der Waals surface area contributed by atoms with Gasteiger partial charge < -0.3 is 10.1 Å². The van der Waals surface area contributed by atoms with Crippen LogP contribution in [-0.4, -0.2) is 18.5 Å². The lowest BCUT2D eigenvalue weighted by atomic mass is 10.1. The molecule has 23 heavy (non-hydrogen) atoms. The van der Waals surface area contributed by atoms with Crippen molar-refractivity contribution in [1.29, 1.82) is 0 Å². The van der Waals surface area contributed by atoms with Crippen molar-refractivity contribution < 1.29 is 14.3 Å². The Bertz CT molecular complexity index is 656. The fraction of sp³-hybridized carbons (Fsp3) is 0.222. The average Bonchev–Trinajstić information content (AvgIpc) is 2.56. The second-order valence-corrected chi connectivity index (χ2v) is 5.88. The summed E-state index contributed by atoms with van der Waals surface area (Å²) in [6, 6.07) is 15.8. The molecule has 0 aliphatic rings. The Hall–Kier alpha value is -2.14. The molecule has 2 rings (SSSR count). The highest BCUT2D eigenvalue weighted by atomic mass is 79.9. The van der Waals surface area contributed by atoms with Crippen molar-refractivity contribution >= 4 is 27.8 Å². The summed E-state index contributed by atoms with van der Waals surface area (Å²) >= 11 is 3.36. The maximum absolute atomic E-state index is 12.3. The van der Waals surface area contributed by atoms with E-state index in [1.54, 1.807) is 19.1 Å². The van der Waals surface area contributed by atoms with Crippen LogP contribution in [0.15, 0.2) is 59.1 Å². The molecule has 4 nitrogen and oxygen atoms in total. The normalized spacial score (nSPS) is 11.6. The Morgan fingerprint density at radius 3 is 2.35 bits per heavy atom. The molecule has 1 atom stereocenters. The Kier molecular flexibility index (Phi) is 6.35. The van der Waals surface area contributed by atoms with Gasteiger partial charge in [-0.3, -0.25) is 4.79 Å². The highest BCUT2D eigenvalue weighted by Gasteiger charge is 2.23. The third-order valence-electron chi connectivity index (χ3n) is 3.24. The molecule has 0 aliphatic carbocycles. The summed E-state index contributed by atoms with van der Waals surface area (Å²) in [6.07, 6.45) is 0.204. The van der Waals surface area contributed by atoms with E-state index in [0.717, 1.165) is 10.0 Å². The number of carbonyl (C=O) groups is 2.